The average molecular weight is 315 g/mol. The van der Waals surface area contributed by atoms with E-state index < -0.39 is 12.1 Å². The number of rotatable bonds is 4. The summed E-state index contributed by atoms with van der Waals surface area (Å²) in [6, 6.07) is 3.80. The lowest BCUT2D eigenvalue weighted by Crippen LogP contribution is -2.25. The Hall–Kier alpha value is -2.43. The second-order valence-electron chi connectivity index (χ2n) is 5.86. The molecule has 0 spiro atoms. The summed E-state index contributed by atoms with van der Waals surface area (Å²) >= 11 is 0. The van der Waals surface area contributed by atoms with E-state index in [0.29, 0.717) is 17.0 Å². The number of nitrogens with zero attached hydrogens (tertiary/aromatic N) is 1. The molecule has 0 aliphatic rings. The number of hydrogen-bond donors (Lipinski definition) is 0. The Morgan fingerprint density at radius 1 is 1.04 bits per heavy atom. The third kappa shape index (κ3) is 3.33. The van der Waals surface area contributed by atoms with E-state index in [1.807, 2.05) is 32.9 Å². The van der Waals surface area contributed by atoms with Crippen molar-refractivity contribution >= 4 is 11.8 Å². The third-order valence-electron chi connectivity index (χ3n) is 4.00. The fraction of sp³-hybridized carbons (Fsp3) is 0.389. The van der Waals surface area contributed by atoms with Gasteiger partial charge >= 0.3 is 5.97 Å². The molecule has 0 N–H and O–H groups in total. The lowest BCUT2D eigenvalue weighted by atomic mass is 9.96. The largest absolute Gasteiger partial charge is 0.451 e. The van der Waals surface area contributed by atoms with Crippen LogP contribution in [0.2, 0.25) is 0 Å². The number of carbonyl (C=O) groups is 2. The molecule has 5 nitrogen and oxygen atoms in total. The van der Waals surface area contributed by atoms with Gasteiger partial charge in [0.15, 0.2) is 6.10 Å². The second-order valence-corrected chi connectivity index (χ2v) is 5.86. The third-order valence-corrected chi connectivity index (χ3v) is 4.00. The van der Waals surface area contributed by atoms with Crippen LogP contribution in [-0.2, 0) is 4.74 Å². The van der Waals surface area contributed by atoms with Crippen molar-refractivity contribution < 1.29 is 18.8 Å². The molecule has 2 aromatic rings. The summed E-state index contributed by atoms with van der Waals surface area (Å²) in [6.07, 6.45) is -0.878. The maximum Gasteiger partial charge on any atom is 0.344 e. The average Bonchev–Trinajstić information content (AvgIpc) is 2.81. The first-order valence-electron chi connectivity index (χ1n) is 7.48. The van der Waals surface area contributed by atoms with Crippen molar-refractivity contribution in [2.24, 2.45) is 0 Å². The highest BCUT2D eigenvalue weighted by Crippen LogP contribution is 2.19. The standard InChI is InChI=1S/C18H21NO4/c1-9-7-11(3)15(8-10(9)2)17(20)14(6)22-18(21)16-12(4)19-23-13(16)5/h7-8,14H,1-6H3/t14-/m1/s1. The Bertz CT molecular complexity index is 754. The topological polar surface area (TPSA) is 69.4 Å². The van der Waals surface area contributed by atoms with Gasteiger partial charge in [0.25, 0.3) is 0 Å². The van der Waals surface area contributed by atoms with Gasteiger partial charge in [-0.15, -0.1) is 0 Å². The highest BCUT2D eigenvalue weighted by atomic mass is 16.5. The number of aromatic nitrogens is 1. The normalized spacial score (nSPS) is 12.1. The van der Waals surface area contributed by atoms with E-state index in [0.717, 1.165) is 16.7 Å². The molecule has 0 saturated carbocycles. The van der Waals surface area contributed by atoms with Crippen molar-refractivity contribution in [3.05, 3.63) is 51.4 Å². The molecule has 2 rings (SSSR count). The molecule has 0 saturated heterocycles. The number of aryl methyl sites for hydroxylation is 5. The highest BCUT2D eigenvalue weighted by Gasteiger charge is 2.25. The predicted molar refractivity (Wildman–Crippen MR) is 85.8 cm³/mol. The minimum absolute atomic E-state index is 0.217. The van der Waals surface area contributed by atoms with Gasteiger partial charge in [-0.25, -0.2) is 4.79 Å². The molecule has 1 aromatic carbocycles. The molecular formula is C18H21NO4. The molecule has 0 radical (unpaired) electrons. The Morgan fingerprint density at radius 2 is 1.65 bits per heavy atom. The fourth-order valence-electron chi connectivity index (χ4n) is 2.49. The molecule has 1 aromatic heterocycles. The van der Waals surface area contributed by atoms with E-state index in [2.05, 4.69) is 5.16 Å². The SMILES string of the molecule is Cc1cc(C)c(C(=O)[C@@H](C)OC(=O)c2c(C)noc2C)cc1C. The molecule has 0 bridgehead atoms. The van der Waals surface area contributed by atoms with Crippen LogP contribution in [0.4, 0.5) is 0 Å². The Kier molecular flexibility index (Phi) is 4.68. The summed E-state index contributed by atoms with van der Waals surface area (Å²) in [5.74, 6) is -0.427. The van der Waals surface area contributed by atoms with Crippen LogP contribution in [0.15, 0.2) is 16.7 Å². The van der Waals surface area contributed by atoms with Crippen molar-refractivity contribution in [2.75, 3.05) is 0 Å². The zero-order valence-electron chi connectivity index (χ0n) is 14.3. The van der Waals surface area contributed by atoms with E-state index >= 15 is 0 Å². The summed E-state index contributed by atoms with van der Waals surface area (Å²) < 4.78 is 10.3. The van der Waals surface area contributed by atoms with Gasteiger partial charge in [0.2, 0.25) is 5.78 Å². The smallest absolute Gasteiger partial charge is 0.344 e. The van der Waals surface area contributed by atoms with Gasteiger partial charge in [-0.2, -0.15) is 0 Å². The van der Waals surface area contributed by atoms with Gasteiger partial charge in [0, 0.05) is 5.56 Å². The van der Waals surface area contributed by atoms with Crippen LogP contribution >= 0.6 is 0 Å². The predicted octanol–water partition coefficient (Wildman–Crippen LogP) is 3.64. The monoisotopic (exact) mass is 315 g/mol. The Labute approximate surface area is 135 Å². The van der Waals surface area contributed by atoms with E-state index in [9.17, 15) is 9.59 Å². The Balaban J connectivity index is 2.21. The van der Waals surface area contributed by atoms with Crippen LogP contribution in [0.1, 0.15) is 55.8 Å². The number of ketones is 1. The van der Waals surface area contributed by atoms with Gasteiger partial charge in [-0.1, -0.05) is 11.2 Å². The molecule has 0 fully saturated rings. The summed E-state index contributed by atoms with van der Waals surface area (Å²) in [4.78, 5) is 24.8. The summed E-state index contributed by atoms with van der Waals surface area (Å²) in [7, 11) is 0. The molecule has 1 atom stereocenters. The maximum atomic E-state index is 12.6. The zero-order valence-corrected chi connectivity index (χ0v) is 14.3. The van der Waals surface area contributed by atoms with Crippen molar-refractivity contribution in [1.29, 1.82) is 0 Å². The first-order chi connectivity index (χ1) is 10.7. The van der Waals surface area contributed by atoms with Gasteiger partial charge in [-0.3, -0.25) is 4.79 Å². The minimum atomic E-state index is -0.878. The second kappa shape index (κ2) is 6.36. The van der Waals surface area contributed by atoms with E-state index in [1.165, 1.54) is 0 Å². The van der Waals surface area contributed by atoms with Crippen LogP contribution in [0.3, 0.4) is 0 Å². The van der Waals surface area contributed by atoms with Gasteiger partial charge in [0.05, 0.1) is 5.69 Å². The maximum absolute atomic E-state index is 12.6. The lowest BCUT2D eigenvalue weighted by Gasteiger charge is -2.15. The van der Waals surface area contributed by atoms with Crippen molar-refractivity contribution in [3.63, 3.8) is 0 Å². The summed E-state index contributed by atoms with van der Waals surface area (Å²) in [5, 5.41) is 3.72. The van der Waals surface area contributed by atoms with Gasteiger partial charge < -0.3 is 9.26 Å². The molecular weight excluding hydrogens is 294 g/mol. The number of ether oxygens (including phenoxy) is 1. The number of hydrogen-bond acceptors (Lipinski definition) is 5. The number of carbonyl (C=O) groups excluding carboxylic acids is 2. The molecule has 0 unspecified atom stereocenters. The molecule has 0 aliphatic carbocycles. The van der Waals surface area contributed by atoms with Crippen LogP contribution in [-0.4, -0.2) is 23.0 Å². The number of Topliss-reactive ketones (excluding diaryl/α,β-unsaturated/α-hetero) is 1. The minimum Gasteiger partial charge on any atom is -0.451 e. The molecule has 23 heavy (non-hydrogen) atoms. The molecule has 1 heterocycles. The van der Waals surface area contributed by atoms with Crippen LogP contribution in [0, 0.1) is 34.6 Å². The Morgan fingerprint density at radius 3 is 2.22 bits per heavy atom. The van der Waals surface area contributed by atoms with E-state index in [4.69, 9.17) is 9.26 Å². The van der Waals surface area contributed by atoms with Gasteiger partial charge in [-0.05, 0) is 64.3 Å². The molecule has 0 aliphatic heterocycles. The zero-order chi connectivity index (χ0) is 17.3. The first-order valence-corrected chi connectivity index (χ1v) is 7.48. The molecule has 0 amide bonds. The summed E-state index contributed by atoms with van der Waals surface area (Å²) in [6.45, 7) is 10.7. The molecule has 122 valence electrons. The highest BCUT2D eigenvalue weighted by molar-refractivity contribution is 6.02. The first kappa shape index (κ1) is 16.9. The van der Waals surface area contributed by atoms with Crippen LogP contribution < -0.4 is 0 Å². The van der Waals surface area contributed by atoms with Crippen LogP contribution in [0.25, 0.3) is 0 Å². The lowest BCUT2D eigenvalue weighted by molar-refractivity contribution is 0.0316. The van der Waals surface area contributed by atoms with E-state index in [1.54, 1.807) is 20.8 Å². The molecule has 5 heteroatoms. The van der Waals surface area contributed by atoms with Gasteiger partial charge in [0.1, 0.15) is 11.3 Å². The van der Waals surface area contributed by atoms with E-state index in [-0.39, 0.29) is 11.3 Å². The van der Waals surface area contributed by atoms with Crippen molar-refractivity contribution in [1.82, 2.24) is 5.16 Å². The number of benzene rings is 1. The summed E-state index contributed by atoms with van der Waals surface area (Å²) in [5.41, 5.74) is 4.34. The quantitative estimate of drug-likeness (QED) is 0.636. The fourth-order valence-corrected chi connectivity index (χ4v) is 2.49. The van der Waals surface area contributed by atoms with Crippen molar-refractivity contribution in [2.45, 2.75) is 47.6 Å². The number of esters is 1. The van der Waals surface area contributed by atoms with Crippen LogP contribution in [0.5, 0.6) is 0 Å². The van der Waals surface area contributed by atoms with Crippen molar-refractivity contribution in [3.8, 4) is 0 Å².